The first-order valence-corrected chi connectivity index (χ1v) is 3.85. The molecule has 7 heteroatoms. The van der Waals surface area contributed by atoms with Crippen LogP contribution in [0, 0.1) is 10.1 Å². The number of nitrogens with zero attached hydrogens (tertiary/aromatic N) is 1. The molecule has 14 heavy (non-hydrogen) atoms. The van der Waals surface area contributed by atoms with Gasteiger partial charge in [-0.15, -0.1) is 0 Å². The molecule has 74 valence electrons. The zero-order chi connectivity index (χ0) is 10.1. The molecule has 1 aromatic heterocycles. The Balaban J connectivity index is 2.17. The quantitative estimate of drug-likeness (QED) is 0.564. The summed E-state index contributed by atoms with van der Waals surface area (Å²) >= 11 is 0. The van der Waals surface area contributed by atoms with Crippen molar-refractivity contribution in [2.45, 2.75) is 6.10 Å². The Bertz CT molecular complexity index is 385. The van der Waals surface area contributed by atoms with Crippen LogP contribution in [0.2, 0.25) is 0 Å². The number of hydrogen-bond donors (Lipinski definition) is 1. The first-order chi connectivity index (χ1) is 6.66. The highest BCUT2D eigenvalue weighted by atomic mass is 16.7. The second-order valence-corrected chi connectivity index (χ2v) is 2.71. The Labute approximate surface area is 77.8 Å². The number of amides is 1. The fraction of sp³-hybridized carbons (Fsp3) is 0.286. The molecule has 0 aromatic carbocycles. The Morgan fingerprint density at radius 3 is 2.86 bits per heavy atom. The van der Waals surface area contributed by atoms with E-state index in [2.05, 4.69) is 5.32 Å². The van der Waals surface area contributed by atoms with Crippen LogP contribution >= 0.6 is 0 Å². The molecule has 0 bridgehead atoms. The van der Waals surface area contributed by atoms with Crippen LogP contribution in [0.4, 0.5) is 10.7 Å². The van der Waals surface area contributed by atoms with Gasteiger partial charge in [0.2, 0.25) is 0 Å². The van der Waals surface area contributed by atoms with E-state index in [0.717, 1.165) is 0 Å². The molecule has 2 heterocycles. The second-order valence-electron chi connectivity index (χ2n) is 2.71. The molecule has 1 atom stereocenters. The molecule has 1 aliphatic heterocycles. The molecule has 1 saturated heterocycles. The van der Waals surface area contributed by atoms with Crippen LogP contribution in [-0.2, 0) is 4.74 Å². The minimum Gasteiger partial charge on any atom is -0.436 e. The van der Waals surface area contributed by atoms with Crippen LogP contribution in [0.3, 0.4) is 0 Å². The van der Waals surface area contributed by atoms with Gasteiger partial charge in [-0.2, -0.15) is 0 Å². The third-order valence-corrected chi connectivity index (χ3v) is 1.79. The van der Waals surface area contributed by atoms with Gasteiger partial charge in [-0.1, -0.05) is 0 Å². The van der Waals surface area contributed by atoms with E-state index in [-0.39, 0.29) is 18.2 Å². The third-order valence-electron chi connectivity index (χ3n) is 1.79. The predicted octanol–water partition coefficient (Wildman–Crippen LogP) is 0.969. The summed E-state index contributed by atoms with van der Waals surface area (Å²) in [5.41, 5.74) is 0. The topological polar surface area (TPSA) is 94.6 Å². The van der Waals surface area contributed by atoms with Crippen molar-refractivity contribution >= 4 is 12.0 Å². The SMILES string of the molecule is O=C1NCC(c2ccc([N+](=O)[O-])o2)O1. The molecular formula is C7H6N2O5. The van der Waals surface area contributed by atoms with Crippen molar-refractivity contribution in [3.05, 3.63) is 28.0 Å². The molecule has 2 rings (SSSR count). The minimum absolute atomic E-state index is 0.267. The minimum atomic E-state index is -0.645. The van der Waals surface area contributed by atoms with E-state index in [4.69, 9.17) is 9.15 Å². The Kier molecular flexibility index (Phi) is 1.84. The van der Waals surface area contributed by atoms with Crippen LogP contribution < -0.4 is 5.32 Å². The molecule has 1 amide bonds. The van der Waals surface area contributed by atoms with Crippen LogP contribution in [0.1, 0.15) is 11.9 Å². The zero-order valence-electron chi connectivity index (χ0n) is 6.93. The van der Waals surface area contributed by atoms with Crippen molar-refractivity contribution in [3.63, 3.8) is 0 Å². The molecule has 1 unspecified atom stereocenters. The van der Waals surface area contributed by atoms with E-state index in [0.29, 0.717) is 0 Å². The average Bonchev–Trinajstić information content (AvgIpc) is 2.70. The lowest BCUT2D eigenvalue weighted by Crippen LogP contribution is -2.12. The van der Waals surface area contributed by atoms with Gasteiger partial charge < -0.3 is 14.5 Å². The maximum Gasteiger partial charge on any atom is 0.433 e. The van der Waals surface area contributed by atoms with Crippen LogP contribution in [-0.4, -0.2) is 17.6 Å². The van der Waals surface area contributed by atoms with Gasteiger partial charge in [0.25, 0.3) is 0 Å². The summed E-state index contributed by atoms with van der Waals surface area (Å²) in [7, 11) is 0. The van der Waals surface area contributed by atoms with Gasteiger partial charge >= 0.3 is 12.0 Å². The molecule has 1 fully saturated rings. The lowest BCUT2D eigenvalue weighted by Gasteiger charge is -2.01. The second kappa shape index (κ2) is 3.02. The largest absolute Gasteiger partial charge is 0.436 e. The van der Waals surface area contributed by atoms with E-state index >= 15 is 0 Å². The van der Waals surface area contributed by atoms with E-state index < -0.39 is 17.1 Å². The van der Waals surface area contributed by atoms with Crippen molar-refractivity contribution in [2.24, 2.45) is 0 Å². The van der Waals surface area contributed by atoms with E-state index in [1.807, 2.05) is 0 Å². The first-order valence-electron chi connectivity index (χ1n) is 3.85. The van der Waals surface area contributed by atoms with E-state index in [9.17, 15) is 14.9 Å². The number of furan rings is 1. The zero-order valence-corrected chi connectivity index (χ0v) is 6.93. The summed E-state index contributed by atoms with van der Waals surface area (Å²) in [6.45, 7) is 0.267. The average molecular weight is 198 g/mol. The summed E-state index contributed by atoms with van der Waals surface area (Å²) in [5.74, 6) is -0.0852. The van der Waals surface area contributed by atoms with E-state index in [1.54, 1.807) is 0 Å². The van der Waals surface area contributed by atoms with Gasteiger partial charge in [0, 0.05) is 0 Å². The summed E-state index contributed by atoms with van der Waals surface area (Å²) in [5, 5.41) is 12.7. The molecule has 1 N–H and O–H groups in total. The Morgan fingerprint density at radius 1 is 1.57 bits per heavy atom. The normalized spacial score (nSPS) is 20.3. The number of carbonyl (C=O) groups excluding carboxylic acids is 1. The monoisotopic (exact) mass is 198 g/mol. The highest BCUT2D eigenvalue weighted by molar-refractivity contribution is 5.69. The molecule has 7 nitrogen and oxygen atoms in total. The third kappa shape index (κ3) is 1.39. The van der Waals surface area contributed by atoms with Gasteiger partial charge in [-0.3, -0.25) is 10.1 Å². The lowest BCUT2D eigenvalue weighted by molar-refractivity contribution is -0.402. The Morgan fingerprint density at radius 2 is 2.36 bits per heavy atom. The van der Waals surface area contributed by atoms with Gasteiger partial charge in [-0.25, -0.2) is 4.79 Å². The fourth-order valence-electron chi connectivity index (χ4n) is 1.16. The van der Waals surface area contributed by atoms with Gasteiger partial charge in [-0.05, 0) is 6.07 Å². The highest BCUT2D eigenvalue weighted by Crippen LogP contribution is 2.25. The first kappa shape index (κ1) is 8.54. The highest BCUT2D eigenvalue weighted by Gasteiger charge is 2.28. The van der Waals surface area contributed by atoms with Crippen LogP contribution in [0.15, 0.2) is 16.5 Å². The number of rotatable bonds is 2. The molecule has 0 radical (unpaired) electrons. The van der Waals surface area contributed by atoms with Gasteiger partial charge in [0.15, 0.2) is 11.9 Å². The standard InChI is InChI=1S/C7H6N2O5/c10-7-8-3-5(14-7)4-1-2-6(13-4)9(11)12/h1-2,5H,3H2,(H,8,10). The molecular weight excluding hydrogens is 192 g/mol. The summed E-state index contributed by atoms with van der Waals surface area (Å²) < 4.78 is 9.64. The summed E-state index contributed by atoms with van der Waals surface area (Å²) in [6, 6.07) is 2.64. The fourth-order valence-corrected chi connectivity index (χ4v) is 1.16. The van der Waals surface area contributed by atoms with Crippen LogP contribution in [0.25, 0.3) is 0 Å². The van der Waals surface area contributed by atoms with Crippen molar-refractivity contribution < 1.29 is 18.9 Å². The molecule has 1 aromatic rings. The maximum atomic E-state index is 10.7. The predicted molar refractivity (Wildman–Crippen MR) is 42.6 cm³/mol. The molecule has 1 aliphatic rings. The van der Waals surface area contributed by atoms with Crippen molar-refractivity contribution in [1.29, 1.82) is 0 Å². The number of nitrogens with one attached hydrogen (secondary N) is 1. The number of carbonyl (C=O) groups is 1. The number of nitro groups is 1. The number of hydrogen-bond acceptors (Lipinski definition) is 5. The molecule has 0 aliphatic carbocycles. The van der Waals surface area contributed by atoms with E-state index in [1.165, 1.54) is 12.1 Å². The number of cyclic esters (lactones) is 1. The van der Waals surface area contributed by atoms with Crippen LogP contribution in [0.5, 0.6) is 0 Å². The van der Waals surface area contributed by atoms with Gasteiger partial charge in [0.1, 0.15) is 4.92 Å². The molecule has 0 saturated carbocycles. The summed E-state index contributed by atoms with van der Waals surface area (Å²) in [6.07, 6.45) is -1.12. The van der Waals surface area contributed by atoms with Crippen molar-refractivity contribution in [1.82, 2.24) is 5.32 Å². The van der Waals surface area contributed by atoms with Gasteiger partial charge in [0.05, 0.1) is 12.6 Å². The summed E-state index contributed by atoms with van der Waals surface area (Å²) in [4.78, 5) is 20.3. The maximum absolute atomic E-state index is 10.7. The number of ether oxygens (including phenoxy) is 1. The van der Waals surface area contributed by atoms with Crippen molar-refractivity contribution in [2.75, 3.05) is 6.54 Å². The van der Waals surface area contributed by atoms with Crippen molar-refractivity contribution in [3.8, 4) is 0 Å². The number of alkyl carbamates (subject to hydrolysis) is 1. The lowest BCUT2D eigenvalue weighted by atomic mass is 10.3. The molecule has 0 spiro atoms. The smallest absolute Gasteiger partial charge is 0.433 e. The Hall–Kier alpha value is -2.05.